The number of rotatable bonds is 10. The summed E-state index contributed by atoms with van der Waals surface area (Å²) in [6, 6.07) is 0. The van der Waals surface area contributed by atoms with E-state index in [0.717, 1.165) is 64.5 Å². The molecule has 27 heavy (non-hydrogen) atoms. The Balaban J connectivity index is 1.63. The fourth-order valence-corrected chi connectivity index (χ4v) is 3.77. The van der Waals surface area contributed by atoms with Crippen molar-refractivity contribution in [2.75, 3.05) is 39.5 Å². The van der Waals surface area contributed by atoms with Crippen LogP contribution < -0.4 is 10.6 Å². The monoisotopic (exact) mass is 396 g/mol. The van der Waals surface area contributed by atoms with Crippen molar-refractivity contribution < 1.29 is 9.47 Å². The molecule has 1 aliphatic heterocycles. The van der Waals surface area contributed by atoms with Crippen LogP contribution in [0.3, 0.4) is 0 Å². The molecular formula is C20H36N4O2S. The Bertz CT molecular complexity index is 563. The minimum atomic E-state index is 0.116. The molecule has 0 saturated carbocycles. The number of ether oxygens (including phenoxy) is 2. The SMILES string of the molecule is CCNC(=NCCCOCC1CCCO1)NCCc1nc(C(C)(C)C)cs1. The van der Waals surface area contributed by atoms with Crippen molar-refractivity contribution in [2.45, 2.75) is 64.9 Å². The average Bonchev–Trinajstić information content (AvgIpc) is 3.29. The highest BCUT2D eigenvalue weighted by molar-refractivity contribution is 7.09. The van der Waals surface area contributed by atoms with Gasteiger partial charge in [0, 0.05) is 50.1 Å². The van der Waals surface area contributed by atoms with Gasteiger partial charge in [-0.2, -0.15) is 0 Å². The van der Waals surface area contributed by atoms with Crippen LogP contribution in [0.4, 0.5) is 0 Å². The van der Waals surface area contributed by atoms with Crippen LogP contribution in [0.15, 0.2) is 10.4 Å². The third-order valence-electron chi connectivity index (χ3n) is 4.34. The first-order valence-electron chi connectivity index (χ1n) is 10.2. The number of aliphatic imine (C=N–C) groups is 1. The van der Waals surface area contributed by atoms with Crippen molar-refractivity contribution in [3.05, 3.63) is 16.1 Å². The van der Waals surface area contributed by atoms with Crippen molar-refractivity contribution in [1.29, 1.82) is 0 Å². The lowest BCUT2D eigenvalue weighted by molar-refractivity contribution is 0.0171. The topological polar surface area (TPSA) is 67.8 Å². The van der Waals surface area contributed by atoms with E-state index in [1.54, 1.807) is 11.3 Å². The van der Waals surface area contributed by atoms with E-state index >= 15 is 0 Å². The van der Waals surface area contributed by atoms with Gasteiger partial charge in [0.15, 0.2) is 5.96 Å². The van der Waals surface area contributed by atoms with Crippen LogP contribution in [-0.4, -0.2) is 56.5 Å². The van der Waals surface area contributed by atoms with Crippen LogP contribution in [-0.2, 0) is 21.3 Å². The van der Waals surface area contributed by atoms with E-state index in [9.17, 15) is 0 Å². The van der Waals surface area contributed by atoms with Gasteiger partial charge in [-0.05, 0) is 26.2 Å². The van der Waals surface area contributed by atoms with E-state index in [4.69, 9.17) is 14.5 Å². The zero-order chi connectivity index (χ0) is 19.5. The highest BCUT2D eigenvalue weighted by Crippen LogP contribution is 2.23. The Morgan fingerprint density at radius 1 is 1.41 bits per heavy atom. The maximum Gasteiger partial charge on any atom is 0.191 e. The second-order valence-corrected chi connectivity index (χ2v) is 8.82. The van der Waals surface area contributed by atoms with Gasteiger partial charge in [-0.1, -0.05) is 20.8 Å². The Kier molecular flexibility index (Phi) is 9.51. The maximum atomic E-state index is 5.69. The van der Waals surface area contributed by atoms with Crippen LogP contribution in [0, 0.1) is 0 Å². The molecule has 1 aromatic heterocycles. The van der Waals surface area contributed by atoms with Gasteiger partial charge < -0.3 is 20.1 Å². The number of thiazole rings is 1. The molecule has 2 rings (SSSR count). The first-order valence-corrected chi connectivity index (χ1v) is 11.0. The summed E-state index contributed by atoms with van der Waals surface area (Å²) in [7, 11) is 0. The summed E-state index contributed by atoms with van der Waals surface area (Å²) >= 11 is 1.74. The van der Waals surface area contributed by atoms with Gasteiger partial charge in [0.1, 0.15) is 0 Å². The van der Waals surface area contributed by atoms with Gasteiger partial charge in [-0.3, -0.25) is 4.99 Å². The summed E-state index contributed by atoms with van der Waals surface area (Å²) in [6.07, 6.45) is 4.43. The zero-order valence-corrected chi connectivity index (χ0v) is 18.2. The fraction of sp³-hybridized carbons (Fsp3) is 0.800. The Morgan fingerprint density at radius 2 is 2.26 bits per heavy atom. The van der Waals surface area contributed by atoms with E-state index in [2.05, 4.69) is 48.7 Å². The summed E-state index contributed by atoms with van der Waals surface area (Å²) in [6.45, 7) is 13.5. The molecule has 1 fully saturated rings. The molecule has 2 heterocycles. The van der Waals surface area contributed by atoms with Gasteiger partial charge in [0.25, 0.3) is 0 Å². The molecule has 1 aromatic rings. The predicted octanol–water partition coefficient (Wildman–Crippen LogP) is 3.12. The highest BCUT2D eigenvalue weighted by atomic mass is 32.1. The Labute approximate surface area is 168 Å². The third kappa shape index (κ3) is 8.58. The second-order valence-electron chi connectivity index (χ2n) is 7.88. The van der Waals surface area contributed by atoms with Gasteiger partial charge >= 0.3 is 0 Å². The summed E-state index contributed by atoms with van der Waals surface area (Å²) < 4.78 is 11.2. The molecule has 0 bridgehead atoms. The quantitative estimate of drug-likeness (QED) is 0.361. The van der Waals surface area contributed by atoms with Gasteiger partial charge in [-0.15, -0.1) is 11.3 Å². The van der Waals surface area contributed by atoms with Gasteiger partial charge in [0.05, 0.1) is 23.4 Å². The molecule has 1 saturated heterocycles. The number of nitrogens with zero attached hydrogens (tertiary/aromatic N) is 2. The van der Waals surface area contributed by atoms with Crippen LogP contribution in [0.1, 0.15) is 57.7 Å². The summed E-state index contributed by atoms with van der Waals surface area (Å²) in [5.74, 6) is 0.865. The molecular weight excluding hydrogens is 360 g/mol. The van der Waals surface area contributed by atoms with Crippen LogP contribution in [0.25, 0.3) is 0 Å². The van der Waals surface area contributed by atoms with Crippen LogP contribution >= 0.6 is 11.3 Å². The molecule has 0 aliphatic carbocycles. The van der Waals surface area contributed by atoms with Crippen molar-refractivity contribution >= 4 is 17.3 Å². The van der Waals surface area contributed by atoms with E-state index < -0.39 is 0 Å². The lowest BCUT2D eigenvalue weighted by Gasteiger charge is -2.14. The highest BCUT2D eigenvalue weighted by Gasteiger charge is 2.17. The molecule has 6 nitrogen and oxygen atoms in total. The van der Waals surface area contributed by atoms with Gasteiger partial charge in [0.2, 0.25) is 0 Å². The molecule has 1 atom stereocenters. The molecule has 0 spiro atoms. The van der Waals surface area contributed by atoms with E-state index in [1.165, 1.54) is 10.7 Å². The van der Waals surface area contributed by atoms with Gasteiger partial charge in [-0.25, -0.2) is 4.98 Å². The summed E-state index contributed by atoms with van der Waals surface area (Å²) in [4.78, 5) is 9.37. The number of aromatic nitrogens is 1. The Morgan fingerprint density at radius 3 is 2.93 bits per heavy atom. The molecule has 0 amide bonds. The molecule has 1 unspecified atom stereocenters. The molecule has 1 aliphatic rings. The zero-order valence-electron chi connectivity index (χ0n) is 17.3. The van der Waals surface area contributed by atoms with Crippen LogP contribution in [0.2, 0.25) is 0 Å². The van der Waals surface area contributed by atoms with E-state index in [1.807, 2.05) is 0 Å². The molecule has 2 N–H and O–H groups in total. The molecule has 7 heteroatoms. The average molecular weight is 397 g/mol. The van der Waals surface area contributed by atoms with Crippen molar-refractivity contribution in [3.63, 3.8) is 0 Å². The Hall–Kier alpha value is -1.18. The number of hydrogen-bond donors (Lipinski definition) is 2. The van der Waals surface area contributed by atoms with Crippen LogP contribution in [0.5, 0.6) is 0 Å². The predicted molar refractivity (Wildman–Crippen MR) is 113 cm³/mol. The largest absolute Gasteiger partial charge is 0.379 e. The maximum absolute atomic E-state index is 5.69. The minimum absolute atomic E-state index is 0.116. The second kappa shape index (κ2) is 11.6. The molecule has 154 valence electrons. The number of guanidine groups is 1. The summed E-state index contributed by atoms with van der Waals surface area (Å²) in [5.41, 5.74) is 1.29. The first-order chi connectivity index (χ1) is 13.0. The fourth-order valence-electron chi connectivity index (χ4n) is 2.75. The standard InChI is InChI=1S/C20H36N4O2S/c1-5-21-19(22-10-7-12-25-14-16-8-6-13-26-16)23-11-9-18-24-17(15-27-18)20(2,3)4/h15-16H,5-14H2,1-4H3,(H2,21,22,23). The summed E-state index contributed by atoms with van der Waals surface area (Å²) in [5, 5.41) is 10.0. The van der Waals surface area contributed by atoms with Crippen molar-refractivity contribution in [2.24, 2.45) is 4.99 Å². The lowest BCUT2D eigenvalue weighted by Crippen LogP contribution is -2.38. The van der Waals surface area contributed by atoms with E-state index in [-0.39, 0.29) is 5.41 Å². The minimum Gasteiger partial charge on any atom is -0.379 e. The van der Waals surface area contributed by atoms with E-state index in [0.29, 0.717) is 12.7 Å². The lowest BCUT2D eigenvalue weighted by atomic mass is 9.93. The smallest absolute Gasteiger partial charge is 0.191 e. The van der Waals surface area contributed by atoms with Crippen molar-refractivity contribution in [3.8, 4) is 0 Å². The first kappa shape index (κ1) is 22.1. The molecule has 0 radical (unpaired) electrons. The normalized spacial score (nSPS) is 18.1. The third-order valence-corrected chi connectivity index (χ3v) is 5.25. The number of nitrogens with one attached hydrogen (secondary N) is 2. The number of hydrogen-bond acceptors (Lipinski definition) is 5. The van der Waals surface area contributed by atoms with Crippen molar-refractivity contribution in [1.82, 2.24) is 15.6 Å². The molecule has 0 aromatic carbocycles.